The Bertz CT molecular complexity index is 1030. The monoisotopic (exact) mass is 439 g/mol. The summed E-state index contributed by atoms with van der Waals surface area (Å²) in [7, 11) is 0. The number of carbonyl (C=O) groups excluding carboxylic acids is 2. The van der Waals surface area contributed by atoms with E-state index in [0.29, 0.717) is 32.7 Å². The number of hydrogen-bond acceptors (Lipinski definition) is 7. The highest BCUT2D eigenvalue weighted by Crippen LogP contribution is 2.47. The molecule has 4 aliphatic heterocycles. The van der Waals surface area contributed by atoms with Crippen molar-refractivity contribution in [1.29, 1.82) is 0 Å². The third-order valence-electron chi connectivity index (χ3n) is 7.47. The summed E-state index contributed by atoms with van der Waals surface area (Å²) in [6.07, 6.45) is 1.67. The van der Waals surface area contributed by atoms with E-state index >= 15 is 0 Å². The van der Waals surface area contributed by atoms with Gasteiger partial charge in [-0.3, -0.25) is 9.59 Å². The molecular formula is C23H25N3O6. The standard InChI is InChI=1S/C23H25N3O6/c27-20-15-7-26(23(29)17-10-30-11-25-17)8-16(15)21-14(5-19(20)32-21)22(28)24-6-12-9-31-18-4-2-1-3-13(12)18/h1-4,10-12,14-16,19-21,27H,5-9H2,(H,24,28)/t12?,14-,15+,16-,19-,20-,21+/m0/s1. The number of rotatable bonds is 4. The van der Waals surface area contributed by atoms with E-state index in [-0.39, 0.29) is 53.4 Å². The highest BCUT2D eigenvalue weighted by Gasteiger charge is 2.58. The van der Waals surface area contributed by atoms with Crippen LogP contribution in [-0.2, 0) is 9.53 Å². The number of hydrogen-bond donors (Lipinski definition) is 2. The van der Waals surface area contributed by atoms with E-state index in [0.717, 1.165) is 11.3 Å². The van der Waals surface area contributed by atoms with Gasteiger partial charge in [-0.2, -0.15) is 0 Å². The molecule has 2 bridgehead atoms. The quantitative estimate of drug-likeness (QED) is 0.724. The van der Waals surface area contributed by atoms with E-state index in [2.05, 4.69) is 10.3 Å². The molecule has 1 aromatic carbocycles. The Morgan fingerprint density at radius 2 is 2.06 bits per heavy atom. The molecule has 1 unspecified atom stereocenters. The summed E-state index contributed by atoms with van der Waals surface area (Å²) in [5.74, 6) is 0.170. The van der Waals surface area contributed by atoms with E-state index in [1.165, 1.54) is 12.7 Å². The minimum atomic E-state index is -0.695. The average Bonchev–Trinajstić information content (AvgIpc) is 3.60. The lowest BCUT2D eigenvalue weighted by Gasteiger charge is -2.36. The van der Waals surface area contributed by atoms with Gasteiger partial charge in [0.25, 0.3) is 5.91 Å². The maximum Gasteiger partial charge on any atom is 0.275 e. The summed E-state index contributed by atoms with van der Waals surface area (Å²) in [6, 6.07) is 7.89. The molecule has 168 valence electrons. The predicted octanol–water partition coefficient (Wildman–Crippen LogP) is 0.803. The van der Waals surface area contributed by atoms with Crippen molar-refractivity contribution in [3.8, 4) is 5.75 Å². The number of oxazole rings is 1. The van der Waals surface area contributed by atoms with Gasteiger partial charge >= 0.3 is 0 Å². The SMILES string of the molecule is O=C(NCC1COc2ccccc21)[C@H]1C[C@@H]2O[C@H]1[C@H]1CN(C(=O)c3cocn3)C[C@H]1[C@@H]2O. The molecular weight excluding hydrogens is 414 g/mol. The molecule has 5 heterocycles. The molecule has 6 rings (SSSR count). The van der Waals surface area contributed by atoms with Gasteiger partial charge in [0.05, 0.1) is 30.8 Å². The lowest BCUT2D eigenvalue weighted by atomic mass is 9.83. The number of aliphatic hydroxyl groups is 1. The van der Waals surface area contributed by atoms with Gasteiger partial charge in [0.2, 0.25) is 5.91 Å². The normalized spacial score (nSPS) is 34.7. The molecule has 0 spiro atoms. The van der Waals surface area contributed by atoms with Gasteiger partial charge in [0.15, 0.2) is 12.1 Å². The van der Waals surface area contributed by atoms with Gasteiger partial charge in [0, 0.05) is 43.0 Å². The van der Waals surface area contributed by atoms with Crippen molar-refractivity contribution in [2.45, 2.75) is 30.7 Å². The molecule has 2 N–H and O–H groups in total. The van der Waals surface area contributed by atoms with Crippen LogP contribution in [0.3, 0.4) is 0 Å². The van der Waals surface area contributed by atoms with Crippen molar-refractivity contribution in [1.82, 2.24) is 15.2 Å². The van der Waals surface area contributed by atoms with E-state index in [1.807, 2.05) is 24.3 Å². The van der Waals surface area contributed by atoms with Crippen LogP contribution in [0, 0.1) is 17.8 Å². The number of amides is 2. The fraction of sp³-hybridized carbons (Fsp3) is 0.522. The molecule has 0 aliphatic carbocycles. The first-order valence-corrected chi connectivity index (χ1v) is 11.1. The molecule has 3 fully saturated rings. The topological polar surface area (TPSA) is 114 Å². The molecule has 0 radical (unpaired) electrons. The number of ether oxygens (including phenoxy) is 2. The zero-order valence-corrected chi connectivity index (χ0v) is 17.4. The van der Waals surface area contributed by atoms with Crippen molar-refractivity contribution in [2.24, 2.45) is 17.8 Å². The molecule has 0 saturated carbocycles. The van der Waals surface area contributed by atoms with Crippen LogP contribution < -0.4 is 10.1 Å². The Balaban J connectivity index is 1.13. The fourth-order valence-corrected chi connectivity index (χ4v) is 5.85. The van der Waals surface area contributed by atoms with Crippen LogP contribution in [0.4, 0.5) is 0 Å². The number of carbonyl (C=O) groups is 2. The van der Waals surface area contributed by atoms with Crippen LogP contribution in [-0.4, -0.2) is 71.4 Å². The van der Waals surface area contributed by atoms with Crippen LogP contribution in [0.5, 0.6) is 5.75 Å². The Kier molecular flexibility index (Phi) is 4.69. The minimum Gasteiger partial charge on any atom is -0.493 e. The highest BCUT2D eigenvalue weighted by molar-refractivity contribution is 5.92. The van der Waals surface area contributed by atoms with Crippen LogP contribution in [0.2, 0.25) is 0 Å². The maximum atomic E-state index is 13.1. The first kappa shape index (κ1) is 19.8. The second-order valence-corrected chi connectivity index (χ2v) is 9.17. The number of nitrogens with zero attached hydrogens (tertiary/aromatic N) is 2. The Labute approximate surface area is 184 Å². The molecule has 4 aliphatic rings. The number of aliphatic hydroxyl groups excluding tert-OH is 1. The smallest absolute Gasteiger partial charge is 0.275 e. The van der Waals surface area contributed by atoms with Crippen molar-refractivity contribution in [3.05, 3.63) is 48.2 Å². The zero-order valence-electron chi connectivity index (χ0n) is 17.4. The number of nitrogens with one attached hydrogen (secondary N) is 1. The van der Waals surface area contributed by atoms with Crippen molar-refractivity contribution in [3.63, 3.8) is 0 Å². The van der Waals surface area contributed by atoms with Gasteiger partial charge in [-0.1, -0.05) is 18.2 Å². The molecule has 7 atom stereocenters. The summed E-state index contributed by atoms with van der Waals surface area (Å²) in [6.45, 7) is 1.91. The summed E-state index contributed by atoms with van der Waals surface area (Å²) in [5.41, 5.74) is 1.36. The van der Waals surface area contributed by atoms with Gasteiger partial charge in [0.1, 0.15) is 12.0 Å². The summed E-state index contributed by atoms with van der Waals surface area (Å²) in [5, 5.41) is 13.9. The van der Waals surface area contributed by atoms with Gasteiger partial charge in [-0.15, -0.1) is 0 Å². The van der Waals surface area contributed by atoms with Crippen LogP contribution in [0.1, 0.15) is 28.4 Å². The Morgan fingerprint density at radius 3 is 2.91 bits per heavy atom. The van der Waals surface area contributed by atoms with Crippen molar-refractivity contribution < 1.29 is 28.6 Å². The summed E-state index contributed by atoms with van der Waals surface area (Å²) < 4.78 is 16.7. The average molecular weight is 439 g/mol. The first-order chi connectivity index (χ1) is 15.6. The van der Waals surface area contributed by atoms with Gasteiger partial charge in [-0.25, -0.2) is 4.98 Å². The van der Waals surface area contributed by atoms with E-state index in [1.54, 1.807) is 4.90 Å². The third-order valence-corrected chi connectivity index (χ3v) is 7.47. The molecule has 2 aromatic rings. The highest BCUT2D eigenvalue weighted by atomic mass is 16.5. The van der Waals surface area contributed by atoms with E-state index in [4.69, 9.17) is 13.9 Å². The van der Waals surface area contributed by atoms with Crippen LogP contribution in [0.15, 0.2) is 41.3 Å². The number of aromatic nitrogens is 1. The third kappa shape index (κ3) is 3.10. The lowest BCUT2D eigenvalue weighted by molar-refractivity contribution is -0.140. The molecule has 9 nitrogen and oxygen atoms in total. The van der Waals surface area contributed by atoms with Gasteiger partial charge < -0.3 is 29.2 Å². The fourth-order valence-electron chi connectivity index (χ4n) is 5.85. The molecule has 32 heavy (non-hydrogen) atoms. The Morgan fingerprint density at radius 1 is 1.22 bits per heavy atom. The van der Waals surface area contributed by atoms with Crippen molar-refractivity contribution >= 4 is 11.8 Å². The lowest BCUT2D eigenvalue weighted by Crippen LogP contribution is -2.47. The number of para-hydroxylation sites is 1. The van der Waals surface area contributed by atoms with Crippen LogP contribution in [0.25, 0.3) is 0 Å². The summed E-state index contributed by atoms with van der Waals surface area (Å²) in [4.78, 5) is 31.5. The zero-order chi connectivity index (χ0) is 21.8. The second kappa shape index (κ2) is 7.60. The number of fused-ring (bicyclic) bond motifs is 5. The number of benzene rings is 1. The molecule has 9 heteroatoms. The predicted molar refractivity (Wildman–Crippen MR) is 110 cm³/mol. The summed E-state index contributed by atoms with van der Waals surface area (Å²) >= 11 is 0. The second-order valence-electron chi connectivity index (χ2n) is 9.17. The Hall–Kier alpha value is -2.91. The molecule has 3 saturated heterocycles. The molecule has 2 amide bonds. The molecule has 1 aromatic heterocycles. The number of likely N-dealkylation sites (tertiary alicyclic amines) is 1. The first-order valence-electron chi connectivity index (χ1n) is 11.1. The van der Waals surface area contributed by atoms with Gasteiger partial charge in [-0.05, 0) is 12.5 Å². The largest absolute Gasteiger partial charge is 0.493 e. The van der Waals surface area contributed by atoms with E-state index in [9.17, 15) is 14.7 Å². The van der Waals surface area contributed by atoms with Crippen LogP contribution >= 0.6 is 0 Å². The van der Waals surface area contributed by atoms with E-state index < -0.39 is 6.10 Å². The minimum absolute atomic E-state index is 0.0593. The van der Waals surface area contributed by atoms with Crippen molar-refractivity contribution in [2.75, 3.05) is 26.2 Å². The maximum absolute atomic E-state index is 13.1.